The first-order valence-corrected chi connectivity index (χ1v) is 6.16. The van der Waals surface area contributed by atoms with Crippen LogP contribution in [0.4, 0.5) is 16.4 Å². The van der Waals surface area contributed by atoms with Crippen LogP contribution in [0.15, 0.2) is 12.1 Å². The van der Waals surface area contributed by atoms with Crippen molar-refractivity contribution in [1.82, 2.24) is 10.2 Å². The molecule has 1 amide bonds. The molecule has 1 rings (SSSR count). The van der Waals surface area contributed by atoms with E-state index in [0.717, 1.165) is 25.2 Å². The summed E-state index contributed by atoms with van der Waals surface area (Å²) in [6, 6.07) is 3.53. The Hall–Kier alpha value is -1.85. The van der Waals surface area contributed by atoms with Gasteiger partial charge in [0.1, 0.15) is 0 Å². The van der Waals surface area contributed by atoms with E-state index in [-0.39, 0.29) is 0 Å². The third-order valence-corrected chi connectivity index (χ3v) is 2.39. The number of carbonyl (C=O) groups excluding carboxylic acids is 1. The Balaban J connectivity index is 2.54. The molecule has 100 valence electrons. The van der Waals surface area contributed by atoms with Gasteiger partial charge in [-0.15, -0.1) is 10.2 Å². The summed E-state index contributed by atoms with van der Waals surface area (Å²) in [6.45, 7) is 5.16. The van der Waals surface area contributed by atoms with Gasteiger partial charge in [0.05, 0.1) is 6.61 Å². The summed E-state index contributed by atoms with van der Waals surface area (Å²) in [5.74, 6) is 1.18. The fraction of sp³-hybridized carbons (Fsp3) is 0.583. The molecule has 18 heavy (non-hydrogen) atoms. The van der Waals surface area contributed by atoms with Gasteiger partial charge in [-0.25, -0.2) is 4.79 Å². The quantitative estimate of drug-likeness (QED) is 0.841. The van der Waals surface area contributed by atoms with Crippen LogP contribution in [0.25, 0.3) is 0 Å². The maximum Gasteiger partial charge on any atom is 0.412 e. The van der Waals surface area contributed by atoms with E-state index < -0.39 is 6.09 Å². The number of nitrogens with zero attached hydrogens (tertiary/aromatic N) is 3. The van der Waals surface area contributed by atoms with E-state index in [9.17, 15) is 4.79 Å². The molecule has 0 aromatic carbocycles. The second-order valence-electron chi connectivity index (χ2n) is 3.90. The Morgan fingerprint density at radius 3 is 2.72 bits per heavy atom. The van der Waals surface area contributed by atoms with E-state index in [1.807, 2.05) is 18.0 Å². The molecule has 0 unspecified atom stereocenters. The van der Waals surface area contributed by atoms with Gasteiger partial charge in [-0.1, -0.05) is 13.3 Å². The summed E-state index contributed by atoms with van der Waals surface area (Å²) in [6.07, 6.45) is 1.74. The highest BCUT2D eigenvalue weighted by molar-refractivity contribution is 5.83. The van der Waals surface area contributed by atoms with Crippen LogP contribution in [0.5, 0.6) is 0 Å². The predicted molar refractivity (Wildman–Crippen MR) is 70.9 cm³/mol. The highest BCUT2D eigenvalue weighted by Gasteiger charge is 2.06. The number of hydrogen-bond acceptors (Lipinski definition) is 5. The molecule has 6 nitrogen and oxygen atoms in total. The van der Waals surface area contributed by atoms with E-state index in [0.29, 0.717) is 12.4 Å². The number of unbranched alkanes of at least 4 members (excludes halogenated alkanes) is 1. The van der Waals surface area contributed by atoms with Crippen molar-refractivity contribution in [3.05, 3.63) is 12.1 Å². The van der Waals surface area contributed by atoms with Gasteiger partial charge in [0.2, 0.25) is 0 Å². The van der Waals surface area contributed by atoms with Crippen LogP contribution < -0.4 is 10.2 Å². The summed E-state index contributed by atoms with van der Waals surface area (Å²) in [4.78, 5) is 13.2. The van der Waals surface area contributed by atoms with Crippen LogP contribution in [0.2, 0.25) is 0 Å². The summed E-state index contributed by atoms with van der Waals surface area (Å²) in [5, 5.41) is 10.5. The molecule has 0 saturated carbocycles. The molecule has 0 atom stereocenters. The fourth-order valence-electron chi connectivity index (χ4n) is 1.38. The van der Waals surface area contributed by atoms with Crippen molar-refractivity contribution in [2.24, 2.45) is 0 Å². The number of carbonyl (C=O) groups is 1. The number of amides is 1. The van der Waals surface area contributed by atoms with Gasteiger partial charge in [-0.3, -0.25) is 5.32 Å². The number of aromatic nitrogens is 2. The molecule has 1 heterocycles. The SMILES string of the molecule is CCCCN(C)c1ccc(NC(=O)OCC)nn1. The van der Waals surface area contributed by atoms with Crippen molar-refractivity contribution < 1.29 is 9.53 Å². The standard InChI is InChI=1S/C12H20N4O2/c1-4-6-9-16(3)11-8-7-10(14-15-11)13-12(17)18-5-2/h7-8H,4-6,9H2,1-3H3,(H,13,14,17). The van der Waals surface area contributed by atoms with E-state index in [2.05, 4.69) is 22.4 Å². The molecule has 0 fully saturated rings. The normalized spacial score (nSPS) is 9.94. The average molecular weight is 252 g/mol. The molecule has 0 spiro atoms. The van der Waals surface area contributed by atoms with Crippen molar-refractivity contribution >= 4 is 17.7 Å². The molecule has 0 aliphatic rings. The minimum absolute atomic E-state index is 0.330. The van der Waals surface area contributed by atoms with E-state index >= 15 is 0 Å². The first kappa shape index (κ1) is 14.2. The summed E-state index contributed by atoms with van der Waals surface area (Å²) >= 11 is 0. The largest absolute Gasteiger partial charge is 0.450 e. The lowest BCUT2D eigenvalue weighted by Gasteiger charge is -2.16. The lowest BCUT2D eigenvalue weighted by atomic mass is 10.3. The maximum absolute atomic E-state index is 11.2. The topological polar surface area (TPSA) is 67.4 Å². The van der Waals surface area contributed by atoms with Crippen molar-refractivity contribution in [2.45, 2.75) is 26.7 Å². The van der Waals surface area contributed by atoms with Crippen molar-refractivity contribution in [3.8, 4) is 0 Å². The van der Waals surface area contributed by atoms with Gasteiger partial charge < -0.3 is 9.64 Å². The van der Waals surface area contributed by atoms with Gasteiger partial charge in [-0.05, 0) is 25.5 Å². The average Bonchev–Trinajstić information content (AvgIpc) is 2.37. The van der Waals surface area contributed by atoms with E-state index in [1.165, 1.54) is 0 Å². The van der Waals surface area contributed by atoms with Crippen LogP contribution >= 0.6 is 0 Å². The summed E-state index contributed by atoms with van der Waals surface area (Å²) in [5.41, 5.74) is 0. The molecule has 0 aliphatic carbocycles. The van der Waals surface area contributed by atoms with Gasteiger partial charge in [-0.2, -0.15) is 0 Å². The molecule has 6 heteroatoms. The Labute approximate surface area is 107 Å². The van der Waals surface area contributed by atoms with Crippen molar-refractivity contribution in [1.29, 1.82) is 0 Å². The molecule has 0 bridgehead atoms. The van der Waals surface area contributed by atoms with E-state index in [4.69, 9.17) is 4.74 Å². The second-order valence-corrected chi connectivity index (χ2v) is 3.90. The number of nitrogens with one attached hydrogen (secondary N) is 1. The molecule has 1 N–H and O–H groups in total. The Kier molecular flexibility index (Phi) is 5.90. The molecular formula is C12H20N4O2. The first-order valence-electron chi connectivity index (χ1n) is 6.16. The minimum atomic E-state index is -0.515. The molecular weight excluding hydrogens is 232 g/mol. The van der Waals surface area contributed by atoms with Gasteiger partial charge in [0.25, 0.3) is 0 Å². The summed E-state index contributed by atoms with van der Waals surface area (Å²) < 4.78 is 4.75. The zero-order chi connectivity index (χ0) is 13.4. The Morgan fingerprint density at radius 2 is 2.17 bits per heavy atom. The lowest BCUT2D eigenvalue weighted by Crippen LogP contribution is -2.20. The van der Waals surface area contributed by atoms with E-state index in [1.54, 1.807) is 13.0 Å². The van der Waals surface area contributed by atoms with Crippen LogP contribution in [0.1, 0.15) is 26.7 Å². The smallest absolute Gasteiger partial charge is 0.412 e. The van der Waals surface area contributed by atoms with Gasteiger partial charge in [0.15, 0.2) is 11.6 Å². The number of rotatable bonds is 6. The van der Waals surface area contributed by atoms with Crippen LogP contribution in [0, 0.1) is 0 Å². The lowest BCUT2D eigenvalue weighted by molar-refractivity contribution is 0.168. The maximum atomic E-state index is 11.2. The molecule has 0 saturated heterocycles. The molecule has 0 radical (unpaired) electrons. The Bertz CT molecular complexity index is 367. The molecule has 1 aromatic heterocycles. The third kappa shape index (κ3) is 4.57. The number of anilines is 2. The van der Waals surface area contributed by atoms with Crippen molar-refractivity contribution in [2.75, 3.05) is 30.4 Å². The predicted octanol–water partition coefficient (Wildman–Crippen LogP) is 2.28. The first-order chi connectivity index (χ1) is 8.67. The Morgan fingerprint density at radius 1 is 1.39 bits per heavy atom. The summed E-state index contributed by atoms with van der Waals surface area (Å²) in [7, 11) is 1.97. The number of ether oxygens (including phenoxy) is 1. The van der Waals surface area contributed by atoms with Crippen molar-refractivity contribution in [3.63, 3.8) is 0 Å². The number of hydrogen-bond donors (Lipinski definition) is 1. The third-order valence-electron chi connectivity index (χ3n) is 2.39. The van der Waals surface area contributed by atoms with Crippen LogP contribution in [-0.4, -0.2) is 36.5 Å². The van der Waals surface area contributed by atoms with Gasteiger partial charge in [0, 0.05) is 13.6 Å². The second kappa shape index (κ2) is 7.47. The van der Waals surface area contributed by atoms with Gasteiger partial charge >= 0.3 is 6.09 Å². The molecule has 1 aromatic rings. The monoisotopic (exact) mass is 252 g/mol. The fourth-order valence-corrected chi connectivity index (χ4v) is 1.38. The molecule has 0 aliphatic heterocycles. The zero-order valence-corrected chi connectivity index (χ0v) is 11.1. The highest BCUT2D eigenvalue weighted by atomic mass is 16.5. The van der Waals surface area contributed by atoms with Crippen LogP contribution in [0.3, 0.4) is 0 Å². The highest BCUT2D eigenvalue weighted by Crippen LogP contribution is 2.10. The minimum Gasteiger partial charge on any atom is -0.450 e. The van der Waals surface area contributed by atoms with Crippen LogP contribution in [-0.2, 0) is 4.74 Å². The zero-order valence-electron chi connectivity index (χ0n) is 11.1.